The highest BCUT2D eigenvalue weighted by atomic mass is 32.1. The second-order valence-corrected chi connectivity index (χ2v) is 18.7. The molecule has 0 atom stereocenters. The first-order valence-corrected chi connectivity index (χ1v) is 20.6. The van der Waals surface area contributed by atoms with Crippen LogP contribution in [0.4, 0.5) is 5.69 Å². The number of hydrogen-bond acceptors (Lipinski definition) is 5. The Morgan fingerprint density at radius 3 is 1.98 bits per heavy atom. The lowest BCUT2D eigenvalue weighted by molar-refractivity contribution is -0.127. The van der Waals surface area contributed by atoms with Crippen LogP contribution in [0.5, 0.6) is 0 Å². The second-order valence-electron chi connectivity index (χ2n) is 17.6. The molecule has 0 aromatic heterocycles. The van der Waals surface area contributed by atoms with E-state index in [-0.39, 0.29) is 16.1 Å². The van der Waals surface area contributed by atoms with Crippen LogP contribution in [0.1, 0.15) is 173 Å². The van der Waals surface area contributed by atoms with Gasteiger partial charge in [0.15, 0.2) is 0 Å². The fraction of sp³-hybridized carbons (Fsp3) is 0.814. The summed E-state index contributed by atoms with van der Waals surface area (Å²) in [6.07, 6.45) is 13.4. The summed E-state index contributed by atoms with van der Waals surface area (Å²) in [5.41, 5.74) is 3.18. The third kappa shape index (κ3) is 11.9. The number of ketones is 1. The molecule has 1 saturated carbocycles. The molecule has 2 aliphatic heterocycles. The van der Waals surface area contributed by atoms with Crippen molar-refractivity contribution in [2.45, 2.75) is 189 Å². The molecule has 7 heteroatoms. The van der Waals surface area contributed by atoms with Crippen LogP contribution in [-0.4, -0.2) is 48.8 Å². The third-order valence-electron chi connectivity index (χ3n) is 11.7. The summed E-state index contributed by atoms with van der Waals surface area (Å²) in [5.74, 6) is 2.19. The second kappa shape index (κ2) is 19.7. The fourth-order valence-corrected chi connectivity index (χ4v) is 7.25. The van der Waals surface area contributed by atoms with Crippen molar-refractivity contribution >= 4 is 43.0 Å². The minimum absolute atomic E-state index is 0.195. The quantitative estimate of drug-likeness (QED) is 0.129. The summed E-state index contributed by atoms with van der Waals surface area (Å²) < 4.78 is 10.9. The molecule has 0 unspecified atom stereocenters. The number of amides is 1. The van der Waals surface area contributed by atoms with Gasteiger partial charge < -0.3 is 14.3 Å². The summed E-state index contributed by atoms with van der Waals surface area (Å²) in [6.45, 7) is 29.6. The number of thiol groups is 1. The summed E-state index contributed by atoms with van der Waals surface area (Å²) in [5, 5.41) is 0. The molecule has 50 heavy (non-hydrogen) atoms. The van der Waals surface area contributed by atoms with Crippen LogP contribution < -0.4 is 10.4 Å². The number of carbonyl (C=O) groups excluding carboxylic acids is 2. The van der Waals surface area contributed by atoms with E-state index in [4.69, 9.17) is 22.0 Å². The molecule has 3 aliphatic rings. The highest BCUT2D eigenvalue weighted by Crippen LogP contribution is 2.51. The number of hydrogen-bond donors (Lipinski definition) is 1. The first kappa shape index (κ1) is 44.9. The van der Waals surface area contributed by atoms with E-state index in [2.05, 4.69) is 99.3 Å². The Kier molecular flexibility index (Phi) is 17.7. The van der Waals surface area contributed by atoms with E-state index >= 15 is 0 Å². The van der Waals surface area contributed by atoms with E-state index in [1.54, 1.807) is 0 Å². The van der Waals surface area contributed by atoms with Crippen molar-refractivity contribution in [1.29, 1.82) is 0 Å². The average Bonchev–Trinajstić information content (AvgIpc) is 3.22. The zero-order valence-corrected chi connectivity index (χ0v) is 35.4. The molecular weight excluding hydrogens is 637 g/mol. The molecule has 1 aromatic carbocycles. The van der Waals surface area contributed by atoms with E-state index in [0.717, 1.165) is 75.2 Å². The van der Waals surface area contributed by atoms with Crippen molar-refractivity contribution in [2.75, 3.05) is 18.1 Å². The van der Waals surface area contributed by atoms with E-state index in [9.17, 15) is 9.59 Å². The maximum Gasteiger partial charge on any atom is 0.330 e. The lowest BCUT2D eigenvalue weighted by Gasteiger charge is -2.42. The first-order chi connectivity index (χ1) is 23.3. The predicted molar refractivity (Wildman–Crippen MR) is 218 cm³/mol. The Morgan fingerprint density at radius 2 is 1.56 bits per heavy atom. The number of nitrogens with zero attached hydrogens (tertiary/aromatic N) is 1. The average molecular weight is 713 g/mol. The lowest BCUT2D eigenvalue weighted by Crippen LogP contribution is -2.50. The molecule has 5 nitrogen and oxygen atoms in total. The minimum Gasteiger partial charge on any atom is -0.428 e. The predicted octanol–water partition coefficient (Wildman–Crippen LogP) is 10.7. The van der Waals surface area contributed by atoms with E-state index in [1.807, 2.05) is 21.3 Å². The number of ether oxygens (including phenoxy) is 1. The van der Waals surface area contributed by atoms with Crippen molar-refractivity contribution in [3.63, 3.8) is 0 Å². The van der Waals surface area contributed by atoms with Crippen molar-refractivity contribution in [1.82, 2.24) is 0 Å². The monoisotopic (exact) mass is 713 g/mol. The Balaban J connectivity index is 0.000000392. The highest BCUT2D eigenvalue weighted by molar-refractivity contribution is 7.81. The maximum absolute atomic E-state index is 14.0. The fourth-order valence-electron chi connectivity index (χ4n) is 7.20. The Morgan fingerprint density at radius 1 is 0.960 bits per heavy atom. The van der Waals surface area contributed by atoms with Crippen LogP contribution >= 0.6 is 12.6 Å². The molecule has 1 aliphatic carbocycles. The molecule has 1 amide bonds. The van der Waals surface area contributed by atoms with Crippen LogP contribution in [0.3, 0.4) is 0 Å². The topological polar surface area (TPSA) is 55.8 Å². The lowest BCUT2D eigenvalue weighted by atomic mass is 9.73. The van der Waals surface area contributed by atoms with Gasteiger partial charge in [-0.15, -0.1) is 0 Å². The molecule has 1 aromatic rings. The summed E-state index contributed by atoms with van der Waals surface area (Å²) in [7, 11) is 1.85. The molecule has 0 bridgehead atoms. The summed E-state index contributed by atoms with van der Waals surface area (Å²) in [6, 6.07) is 6.86. The smallest absolute Gasteiger partial charge is 0.330 e. The molecule has 2 heterocycles. The molecule has 4 rings (SSSR count). The van der Waals surface area contributed by atoms with Gasteiger partial charge in [-0.2, -0.15) is 12.6 Å². The van der Waals surface area contributed by atoms with Crippen LogP contribution in [0.2, 0.25) is 0 Å². The van der Waals surface area contributed by atoms with Crippen LogP contribution in [-0.2, 0) is 24.4 Å². The zero-order chi connectivity index (χ0) is 37.9. The SMILES string of the molecule is CC(C)C(=O)CC1COC1.CCCC(C)(C)CC.CCCC1CC(N2C(=O)C(CCC)(CCC)c3ccc([B]OC(C)(C)C(C)(C)S)cc32)C1. The number of carbonyl (C=O) groups is 2. The zero-order valence-electron chi connectivity index (χ0n) is 34.5. The van der Waals surface area contributed by atoms with Gasteiger partial charge in [-0.25, -0.2) is 0 Å². The number of benzene rings is 1. The molecule has 285 valence electrons. The van der Waals surface area contributed by atoms with Crippen molar-refractivity contribution in [3.8, 4) is 0 Å². The number of fused-ring (bicyclic) bond motifs is 1. The Hall–Kier alpha value is -1.31. The molecule has 0 N–H and O–H groups in total. The number of Topliss-reactive ketones (excluding diaryl/α,β-unsaturated/α-hetero) is 1. The van der Waals surface area contributed by atoms with Crippen molar-refractivity contribution in [2.24, 2.45) is 23.2 Å². The number of anilines is 1. The molecule has 2 fully saturated rings. The van der Waals surface area contributed by atoms with E-state index in [0.29, 0.717) is 29.1 Å². The van der Waals surface area contributed by atoms with Gasteiger partial charge in [0.05, 0.1) is 24.2 Å². The Labute approximate surface area is 314 Å². The molecule has 0 spiro atoms. The van der Waals surface area contributed by atoms with Crippen molar-refractivity contribution in [3.05, 3.63) is 23.8 Å². The van der Waals surface area contributed by atoms with Gasteiger partial charge in [0.25, 0.3) is 0 Å². The van der Waals surface area contributed by atoms with Gasteiger partial charge in [-0.1, -0.05) is 118 Å². The largest absolute Gasteiger partial charge is 0.428 e. The number of rotatable bonds is 17. The maximum atomic E-state index is 14.0. The van der Waals surface area contributed by atoms with Crippen LogP contribution in [0, 0.1) is 23.2 Å². The van der Waals surface area contributed by atoms with E-state index < -0.39 is 5.60 Å². The van der Waals surface area contributed by atoms with Gasteiger partial charge in [-0.05, 0) is 82.8 Å². The molecular formula is C43H75BNO4S. The summed E-state index contributed by atoms with van der Waals surface area (Å²) >= 11 is 4.72. The van der Waals surface area contributed by atoms with Gasteiger partial charge in [0.1, 0.15) is 5.78 Å². The van der Waals surface area contributed by atoms with Crippen molar-refractivity contribution < 1.29 is 19.0 Å². The van der Waals surface area contributed by atoms with Gasteiger partial charge in [0, 0.05) is 34.7 Å². The Bertz CT molecular complexity index is 1190. The third-order valence-corrected chi connectivity index (χ3v) is 12.3. The molecule has 1 radical (unpaired) electrons. The standard InChI is InChI=1S/C27H43BNO2S.C8H14O2.C8H18/c1-8-11-19-16-21(17-19)29-23-18-20(28-31-25(4,5)26(6,7)32)12-13-22(23)27(14-9-2,15-10-3)24(29)30;1-6(2)8(9)3-7-4-10-5-7;1-5-7-8(3,4)6-2/h12-13,18-19,21,32H,8-11,14-17H2,1-7H3;6-7H,3-5H2,1-2H3;5-7H2,1-4H3. The first-order valence-electron chi connectivity index (χ1n) is 20.1. The highest BCUT2D eigenvalue weighted by Gasteiger charge is 2.53. The van der Waals surface area contributed by atoms with Crippen LogP contribution in [0.15, 0.2) is 18.2 Å². The molecule has 1 saturated heterocycles. The summed E-state index contributed by atoms with van der Waals surface area (Å²) in [4.78, 5) is 27.3. The van der Waals surface area contributed by atoms with Gasteiger partial charge in [0.2, 0.25) is 5.91 Å². The van der Waals surface area contributed by atoms with Crippen LogP contribution in [0.25, 0.3) is 0 Å². The van der Waals surface area contributed by atoms with Gasteiger partial charge >= 0.3 is 7.48 Å². The minimum atomic E-state index is -0.417. The van der Waals surface area contributed by atoms with E-state index in [1.165, 1.54) is 37.7 Å². The normalized spacial score (nSPS) is 20.2. The van der Waals surface area contributed by atoms with Gasteiger partial charge in [-0.3, -0.25) is 9.59 Å².